The first-order chi connectivity index (χ1) is 17.0. The number of rotatable bonds is 11. The minimum absolute atomic E-state index is 0.0612. The summed E-state index contributed by atoms with van der Waals surface area (Å²) in [6.07, 6.45) is 3.76. The van der Waals surface area contributed by atoms with Gasteiger partial charge >= 0.3 is 0 Å². The molecule has 1 unspecified atom stereocenters. The van der Waals surface area contributed by atoms with Crippen LogP contribution < -0.4 is 14.9 Å². The van der Waals surface area contributed by atoms with Crippen molar-refractivity contribution in [2.45, 2.75) is 38.6 Å². The Morgan fingerprint density at radius 3 is 2.57 bits per heavy atom. The summed E-state index contributed by atoms with van der Waals surface area (Å²) in [4.78, 5) is 28.7. The predicted molar refractivity (Wildman–Crippen MR) is 135 cm³/mol. The number of unbranched alkanes of at least 4 members (excludes halogenated alkanes) is 2. The van der Waals surface area contributed by atoms with Gasteiger partial charge in [-0.05, 0) is 48.7 Å². The van der Waals surface area contributed by atoms with Crippen molar-refractivity contribution in [3.63, 3.8) is 0 Å². The SMILES string of the molecule is CCCCCOc1ccc(C2c3c(oc4ccc(Cl)cc4c3=O)C(=O)N2CCCOC)cc1OC. The summed E-state index contributed by atoms with van der Waals surface area (Å²) in [5, 5.41) is 0.768. The molecule has 186 valence electrons. The fourth-order valence-electron chi connectivity index (χ4n) is 4.46. The summed E-state index contributed by atoms with van der Waals surface area (Å²) in [7, 11) is 3.19. The summed E-state index contributed by atoms with van der Waals surface area (Å²) in [5.74, 6) is 0.908. The molecule has 4 rings (SSSR count). The molecule has 0 saturated heterocycles. The van der Waals surface area contributed by atoms with Gasteiger partial charge in [-0.2, -0.15) is 0 Å². The van der Waals surface area contributed by atoms with E-state index in [4.69, 9.17) is 30.2 Å². The standard InChI is InChI=1S/C27H30ClNO6/c1-4-5-6-14-34-21-10-8-17(15-22(21)33-3)24-23-25(30)19-16-18(28)9-11-20(19)35-26(23)27(31)29(24)12-7-13-32-2/h8-11,15-16,24H,4-7,12-14H2,1-3H3. The maximum absolute atomic E-state index is 13.6. The van der Waals surface area contributed by atoms with Gasteiger partial charge in [0.2, 0.25) is 5.76 Å². The van der Waals surface area contributed by atoms with Crippen LogP contribution in [-0.2, 0) is 4.74 Å². The number of carbonyl (C=O) groups excluding carboxylic acids is 1. The molecule has 0 N–H and O–H groups in total. The van der Waals surface area contributed by atoms with Gasteiger partial charge in [0, 0.05) is 25.3 Å². The quantitative estimate of drug-likeness (QED) is 0.319. The second-order valence-electron chi connectivity index (χ2n) is 8.53. The molecule has 35 heavy (non-hydrogen) atoms. The lowest BCUT2D eigenvalue weighted by Gasteiger charge is -2.25. The van der Waals surface area contributed by atoms with E-state index in [0.717, 1.165) is 24.8 Å². The van der Waals surface area contributed by atoms with E-state index in [9.17, 15) is 9.59 Å². The Kier molecular flexibility index (Phi) is 7.98. The van der Waals surface area contributed by atoms with Crippen LogP contribution in [0.3, 0.4) is 0 Å². The molecule has 1 aromatic heterocycles. The van der Waals surface area contributed by atoms with Crippen molar-refractivity contribution in [2.75, 3.05) is 34.0 Å². The van der Waals surface area contributed by atoms with E-state index < -0.39 is 6.04 Å². The lowest BCUT2D eigenvalue weighted by atomic mass is 9.98. The molecule has 0 radical (unpaired) electrons. The van der Waals surface area contributed by atoms with Crippen LogP contribution in [0.15, 0.2) is 45.6 Å². The van der Waals surface area contributed by atoms with Crippen LogP contribution >= 0.6 is 11.6 Å². The Labute approximate surface area is 209 Å². The van der Waals surface area contributed by atoms with E-state index in [0.29, 0.717) is 59.2 Å². The molecule has 0 saturated carbocycles. The largest absolute Gasteiger partial charge is 0.493 e. The van der Waals surface area contributed by atoms with Crippen LogP contribution in [0.25, 0.3) is 11.0 Å². The van der Waals surface area contributed by atoms with Gasteiger partial charge in [0.05, 0.1) is 30.7 Å². The summed E-state index contributed by atoms with van der Waals surface area (Å²) < 4.78 is 22.7. The van der Waals surface area contributed by atoms with Crippen LogP contribution in [0, 0.1) is 0 Å². The first-order valence-electron chi connectivity index (χ1n) is 11.9. The minimum Gasteiger partial charge on any atom is -0.493 e. The third kappa shape index (κ3) is 5.02. The number of nitrogens with zero attached hydrogens (tertiary/aromatic N) is 1. The van der Waals surface area contributed by atoms with Gasteiger partial charge in [0.1, 0.15) is 5.58 Å². The van der Waals surface area contributed by atoms with Gasteiger partial charge < -0.3 is 23.5 Å². The fourth-order valence-corrected chi connectivity index (χ4v) is 4.63. The molecule has 1 amide bonds. The Bertz CT molecular complexity index is 1270. The Morgan fingerprint density at radius 2 is 1.83 bits per heavy atom. The summed E-state index contributed by atoms with van der Waals surface area (Å²) >= 11 is 6.15. The second-order valence-corrected chi connectivity index (χ2v) is 8.96. The van der Waals surface area contributed by atoms with Crippen molar-refractivity contribution < 1.29 is 23.4 Å². The molecule has 2 aromatic carbocycles. The van der Waals surface area contributed by atoms with Crippen molar-refractivity contribution in [2.24, 2.45) is 0 Å². The van der Waals surface area contributed by atoms with Crippen molar-refractivity contribution >= 4 is 28.5 Å². The Balaban J connectivity index is 1.79. The Morgan fingerprint density at radius 1 is 1.00 bits per heavy atom. The van der Waals surface area contributed by atoms with E-state index in [2.05, 4.69) is 6.92 Å². The molecule has 8 heteroatoms. The zero-order valence-corrected chi connectivity index (χ0v) is 21.0. The van der Waals surface area contributed by atoms with Crippen molar-refractivity contribution in [1.82, 2.24) is 4.90 Å². The molecule has 7 nitrogen and oxygen atoms in total. The minimum atomic E-state index is -0.628. The number of fused-ring (bicyclic) bond motifs is 2. The monoisotopic (exact) mass is 499 g/mol. The van der Waals surface area contributed by atoms with Gasteiger partial charge in [-0.15, -0.1) is 0 Å². The van der Waals surface area contributed by atoms with Crippen LogP contribution in [0.5, 0.6) is 11.5 Å². The fraction of sp³-hybridized carbons (Fsp3) is 0.407. The number of ether oxygens (including phenoxy) is 3. The molecular formula is C27H30ClNO6. The summed E-state index contributed by atoms with van der Waals surface area (Å²) in [6.45, 7) is 3.62. The van der Waals surface area contributed by atoms with Gasteiger partial charge in [0.15, 0.2) is 16.9 Å². The zero-order chi connectivity index (χ0) is 24.9. The number of halogens is 1. The lowest BCUT2D eigenvalue weighted by Crippen LogP contribution is -2.31. The highest BCUT2D eigenvalue weighted by atomic mass is 35.5. The lowest BCUT2D eigenvalue weighted by molar-refractivity contribution is 0.0707. The van der Waals surface area contributed by atoms with Crippen molar-refractivity contribution in [3.8, 4) is 11.5 Å². The predicted octanol–water partition coefficient (Wildman–Crippen LogP) is 5.61. The highest BCUT2D eigenvalue weighted by molar-refractivity contribution is 6.31. The van der Waals surface area contributed by atoms with E-state index in [1.165, 1.54) is 0 Å². The van der Waals surface area contributed by atoms with E-state index in [1.54, 1.807) is 37.3 Å². The van der Waals surface area contributed by atoms with E-state index in [-0.39, 0.29) is 17.1 Å². The average Bonchev–Trinajstić information content (AvgIpc) is 3.14. The van der Waals surface area contributed by atoms with Crippen LogP contribution in [0.2, 0.25) is 5.02 Å². The number of hydrogen-bond acceptors (Lipinski definition) is 6. The number of hydrogen-bond donors (Lipinski definition) is 0. The van der Waals surface area contributed by atoms with Gasteiger partial charge in [-0.3, -0.25) is 9.59 Å². The molecule has 1 aliphatic rings. The molecule has 2 heterocycles. The Hall–Kier alpha value is -3.03. The third-order valence-electron chi connectivity index (χ3n) is 6.18. The molecule has 1 atom stereocenters. The van der Waals surface area contributed by atoms with Gasteiger partial charge in [-0.25, -0.2) is 0 Å². The maximum Gasteiger partial charge on any atom is 0.290 e. The molecule has 3 aromatic rings. The van der Waals surface area contributed by atoms with Crippen molar-refractivity contribution in [3.05, 3.63) is 68.5 Å². The highest BCUT2D eigenvalue weighted by Crippen LogP contribution is 2.41. The molecular weight excluding hydrogens is 470 g/mol. The molecule has 0 aliphatic carbocycles. The number of amides is 1. The molecule has 1 aliphatic heterocycles. The van der Waals surface area contributed by atoms with Crippen LogP contribution in [0.1, 0.15) is 60.3 Å². The number of methoxy groups -OCH3 is 2. The van der Waals surface area contributed by atoms with E-state index >= 15 is 0 Å². The molecule has 0 fully saturated rings. The van der Waals surface area contributed by atoms with Gasteiger partial charge in [-0.1, -0.05) is 37.4 Å². The first kappa shape index (κ1) is 25.1. The van der Waals surface area contributed by atoms with E-state index in [1.807, 2.05) is 18.2 Å². The van der Waals surface area contributed by atoms with Crippen molar-refractivity contribution in [1.29, 1.82) is 0 Å². The summed E-state index contributed by atoms with van der Waals surface area (Å²) in [6, 6.07) is 9.72. The third-order valence-corrected chi connectivity index (χ3v) is 6.42. The van der Waals surface area contributed by atoms with Crippen LogP contribution in [0.4, 0.5) is 0 Å². The van der Waals surface area contributed by atoms with Crippen LogP contribution in [-0.4, -0.2) is 44.8 Å². The second kappa shape index (κ2) is 11.1. The number of benzene rings is 2. The summed E-state index contributed by atoms with van der Waals surface area (Å²) in [5.41, 5.74) is 1.11. The number of carbonyl (C=O) groups is 1. The average molecular weight is 500 g/mol. The van der Waals surface area contributed by atoms with Gasteiger partial charge in [0.25, 0.3) is 5.91 Å². The topological polar surface area (TPSA) is 78.2 Å². The molecule has 0 spiro atoms. The normalized spacial score (nSPS) is 15.0. The maximum atomic E-state index is 13.6. The first-order valence-corrected chi connectivity index (χ1v) is 12.2. The highest BCUT2D eigenvalue weighted by Gasteiger charge is 2.42. The molecule has 0 bridgehead atoms. The zero-order valence-electron chi connectivity index (χ0n) is 20.3. The smallest absolute Gasteiger partial charge is 0.290 e.